The highest BCUT2D eigenvalue weighted by Gasteiger charge is 2.18. The van der Waals surface area contributed by atoms with Gasteiger partial charge in [-0.2, -0.15) is 4.31 Å². The van der Waals surface area contributed by atoms with Crippen LogP contribution in [0, 0.1) is 0 Å². The van der Waals surface area contributed by atoms with E-state index in [2.05, 4.69) is 15.9 Å². The van der Waals surface area contributed by atoms with Crippen LogP contribution in [0.5, 0.6) is 0 Å². The number of alkyl halides is 1. The van der Waals surface area contributed by atoms with Gasteiger partial charge in [0, 0.05) is 13.1 Å². The van der Waals surface area contributed by atoms with Crippen LogP contribution in [-0.2, 0) is 16.6 Å². The maximum Gasteiger partial charge on any atom is 0.224 e. The number of nitrogens with zero attached hydrogens (tertiary/aromatic N) is 1. The van der Waals surface area contributed by atoms with Crippen molar-refractivity contribution in [3.8, 4) is 0 Å². The van der Waals surface area contributed by atoms with Crippen molar-refractivity contribution in [2.45, 2.75) is 13.5 Å². The average molecular weight is 292 g/mol. The molecule has 0 amide bonds. The lowest BCUT2D eigenvalue weighted by Crippen LogP contribution is -2.30. The van der Waals surface area contributed by atoms with Crippen molar-refractivity contribution in [2.24, 2.45) is 0 Å². The fraction of sp³-hybridized carbons (Fsp3) is 0.400. The van der Waals surface area contributed by atoms with Crippen molar-refractivity contribution in [1.82, 2.24) is 4.31 Å². The SMILES string of the molecule is CCN(Cc1ccccc1)S(=O)(=O)CBr. The first-order valence-corrected chi connectivity index (χ1v) is 7.41. The van der Waals surface area contributed by atoms with Crippen LogP contribution in [0.1, 0.15) is 12.5 Å². The minimum atomic E-state index is -3.16. The predicted octanol–water partition coefficient (Wildman–Crippen LogP) is 2.19. The van der Waals surface area contributed by atoms with E-state index < -0.39 is 10.0 Å². The van der Waals surface area contributed by atoms with Crippen LogP contribution in [0.3, 0.4) is 0 Å². The number of hydrogen-bond acceptors (Lipinski definition) is 2. The van der Waals surface area contributed by atoms with Crippen LogP contribution in [-0.4, -0.2) is 23.9 Å². The summed E-state index contributed by atoms with van der Waals surface area (Å²) in [6.45, 7) is 2.76. The highest BCUT2D eigenvalue weighted by Crippen LogP contribution is 2.10. The van der Waals surface area contributed by atoms with E-state index in [1.807, 2.05) is 37.3 Å². The van der Waals surface area contributed by atoms with Crippen molar-refractivity contribution < 1.29 is 8.42 Å². The minimum Gasteiger partial charge on any atom is -0.211 e. The lowest BCUT2D eigenvalue weighted by Gasteiger charge is -2.18. The third kappa shape index (κ3) is 3.59. The summed E-state index contributed by atoms with van der Waals surface area (Å²) in [6.07, 6.45) is 0. The molecule has 0 aliphatic heterocycles. The average Bonchev–Trinajstić information content (AvgIpc) is 2.27. The topological polar surface area (TPSA) is 37.4 Å². The number of sulfonamides is 1. The molecular weight excluding hydrogens is 278 g/mol. The van der Waals surface area contributed by atoms with Crippen molar-refractivity contribution in [3.05, 3.63) is 35.9 Å². The first-order valence-electron chi connectivity index (χ1n) is 4.68. The molecule has 0 aliphatic rings. The third-order valence-electron chi connectivity index (χ3n) is 2.09. The van der Waals surface area contributed by atoms with Gasteiger partial charge in [-0.25, -0.2) is 8.42 Å². The second-order valence-electron chi connectivity index (χ2n) is 3.13. The molecule has 1 aromatic rings. The van der Waals surface area contributed by atoms with Gasteiger partial charge in [-0.1, -0.05) is 53.2 Å². The molecule has 84 valence electrons. The molecule has 1 rings (SSSR count). The fourth-order valence-electron chi connectivity index (χ4n) is 1.26. The van der Waals surface area contributed by atoms with Crippen LogP contribution in [0.4, 0.5) is 0 Å². The molecule has 15 heavy (non-hydrogen) atoms. The van der Waals surface area contributed by atoms with Crippen molar-refractivity contribution >= 4 is 26.0 Å². The standard InChI is InChI=1S/C10H14BrNO2S/c1-2-12(15(13,14)9-11)8-10-6-4-3-5-7-10/h3-7H,2,8-9H2,1H3. The van der Waals surface area contributed by atoms with Crippen molar-refractivity contribution in [1.29, 1.82) is 0 Å². The molecule has 0 saturated heterocycles. The highest BCUT2D eigenvalue weighted by molar-refractivity contribution is 9.10. The quantitative estimate of drug-likeness (QED) is 0.780. The summed E-state index contributed by atoms with van der Waals surface area (Å²) >= 11 is 3.00. The van der Waals surface area contributed by atoms with Crippen LogP contribution >= 0.6 is 15.9 Å². The van der Waals surface area contributed by atoms with Gasteiger partial charge in [0.2, 0.25) is 10.0 Å². The van der Waals surface area contributed by atoms with E-state index in [4.69, 9.17) is 0 Å². The van der Waals surface area contributed by atoms with Crippen molar-refractivity contribution in [2.75, 3.05) is 11.2 Å². The molecule has 0 atom stereocenters. The zero-order valence-corrected chi connectivity index (χ0v) is 11.0. The third-order valence-corrected chi connectivity index (χ3v) is 5.27. The molecule has 0 heterocycles. The van der Waals surface area contributed by atoms with E-state index in [-0.39, 0.29) is 4.66 Å². The van der Waals surface area contributed by atoms with E-state index in [1.165, 1.54) is 4.31 Å². The summed E-state index contributed by atoms with van der Waals surface area (Å²) in [6, 6.07) is 9.57. The second-order valence-corrected chi connectivity index (χ2v) is 6.40. The Labute approximate surface area is 99.3 Å². The molecule has 0 aliphatic carbocycles. The summed E-state index contributed by atoms with van der Waals surface area (Å²) in [4.78, 5) is 0. The van der Waals surface area contributed by atoms with Gasteiger partial charge in [-0.3, -0.25) is 0 Å². The molecule has 5 heteroatoms. The molecule has 0 radical (unpaired) electrons. The van der Waals surface area contributed by atoms with Gasteiger partial charge >= 0.3 is 0 Å². The molecule has 3 nitrogen and oxygen atoms in total. The number of hydrogen-bond donors (Lipinski definition) is 0. The van der Waals surface area contributed by atoms with E-state index >= 15 is 0 Å². The first-order chi connectivity index (χ1) is 7.10. The molecule has 0 unspecified atom stereocenters. The molecule has 0 fully saturated rings. The summed E-state index contributed by atoms with van der Waals surface area (Å²) in [7, 11) is -3.16. The van der Waals surface area contributed by atoms with Gasteiger partial charge in [0.25, 0.3) is 0 Å². The number of rotatable bonds is 5. The fourth-order valence-corrected chi connectivity index (χ4v) is 3.01. The normalized spacial score (nSPS) is 11.9. The largest absolute Gasteiger partial charge is 0.224 e. The van der Waals surface area contributed by atoms with E-state index in [9.17, 15) is 8.42 Å². The minimum absolute atomic E-state index is 0.0271. The van der Waals surface area contributed by atoms with Crippen molar-refractivity contribution in [3.63, 3.8) is 0 Å². The molecule has 0 saturated carbocycles. The summed E-state index contributed by atoms with van der Waals surface area (Å²) < 4.78 is 24.7. The Hall–Kier alpha value is -0.390. The van der Waals surface area contributed by atoms with Crippen LogP contribution in [0.2, 0.25) is 0 Å². The Morgan fingerprint density at radius 3 is 2.33 bits per heavy atom. The maximum absolute atomic E-state index is 11.6. The Morgan fingerprint density at radius 1 is 1.27 bits per heavy atom. The number of halogens is 1. The molecule has 0 spiro atoms. The first kappa shape index (κ1) is 12.7. The lowest BCUT2D eigenvalue weighted by atomic mass is 10.2. The van der Waals surface area contributed by atoms with Crippen LogP contribution < -0.4 is 0 Å². The van der Waals surface area contributed by atoms with Crippen LogP contribution in [0.15, 0.2) is 30.3 Å². The Kier molecular flexibility index (Phi) is 4.76. The van der Waals surface area contributed by atoms with Gasteiger partial charge in [0.1, 0.15) is 4.66 Å². The smallest absolute Gasteiger partial charge is 0.211 e. The molecular formula is C10H14BrNO2S. The Morgan fingerprint density at radius 2 is 1.87 bits per heavy atom. The molecule has 0 N–H and O–H groups in total. The predicted molar refractivity (Wildman–Crippen MR) is 65.2 cm³/mol. The van der Waals surface area contributed by atoms with E-state index in [0.29, 0.717) is 13.1 Å². The van der Waals surface area contributed by atoms with Gasteiger partial charge < -0.3 is 0 Å². The zero-order chi connectivity index (χ0) is 11.3. The maximum atomic E-state index is 11.6. The van der Waals surface area contributed by atoms with Gasteiger partial charge in [0.05, 0.1) is 0 Å². The molecule has 0 aromatic heterocycles. The van der Waals surface area contributed by atoms with Crippen LogP contribution in [0.25, 0.3) is 0 Å². The summed E-state index contributed by atoms with van der Waals surface area (Å²) in [5.74, 6) is 0. The summed E-state index contributed by atoms with van der Waals surface area (Å²) in [5.41, 5.74) is 1.00. The van der Waals surface area contributed by atoms with Gasteiger partial charge in [0.15, 0.2) is 0 Å². The monoisotopic (exact) mass is 291 g/mol. The second kappa shape index (κ2) is 5.63. The highest BCUT2D eigenvalue weighted by atomic mass is 79.9. The summed E-state index contributed by atoms with van der Waals surface area (Å²) in [5, 5.41) is 0. The molecule has 1 aromatic carbocycles. The van der Waals surface area contributed by atoms with Gasteiger partial charge in [-0.05, 0) is 5.56 Å². The lowest BCUT2D eigenvalue weighted by molar-refractivity contribution is 0.427. The Bertz CT molecular complexity index is 391. The van der Waals surface area contributed by atoms with E-state index in [0.717, 1.165) is 5.56 Å². The van der Waals surface area contributed by atoms with E-state index in [1.54, 1.807) is 0 Å². The van der Waals surface area contributed by atoms with Gasteiger partial charge in [-0.15, -0.1) is 0 Å². The number of benzene rings is 1. The zero-order valence-electron chi connectivity index (χ0n) is 8.56. The Balaban J connectivity index is 2.80. The molecule has 0 bridgehead atoms.